The van der Waals surface area contributed by atoms with E-state index in [9.17, 15) is 0 Å². The maximum absolute atomic E-state index is 5.70. The number of nitrogens with one attached hydrogen (secondary N) is 2. The molecule has 0 saturated carbocycles. The molecule has 0 radical (unpaired) electrons. The molecule has 1 aromatic carbocycles. The first-order valence-corrected chi connectivity index (χ1v) is 11.7. The number of rotatable bonds is 8. The second-order valence-electron chi connectivity index (χ2n) is 8.36. The van der Waals surface area contributed by atoms with Crippen LogP contribution in [0.1, 0.15) is 31.0 Å². The average Bonchev–Trinajstić information content (AvgIpc) is 3.31. The lowest BCUT2D eigenvalue weighted by Crippen LogP contribution is -2.48. The van der Waals surface area contributed by atoms with Crippen molar-refractivity contribution in [3.63, 3.8) is 0 Å². The van der Waals surface area contributed by atoms with Gasteiger partial charge in [0.05, 0.1) is 19.5 Å². The van der Waals surface area contributed by atoms with Crippen LogP contribution in [0.25, 0.3) is 11.3 Å². The smallest absolute Gasteiger partial charge is 0.187 e. The van der Waals surface area contributed by atoms with Crippen molar-refractivity contribution in [3.05, 3.63) is 65.2 Å². The molecule has 0 unspecified atom stereocenters. The number of nitrogens with zero attached hydrogens (tertiary/aromatic N) is 4. The van der Waals surface area contributed by atoms with Crippen molar-refractivity contribution < 1.29 is 9.26 Å². The summed E-state index contributed by atoms with van der Waals surface area (Å²) in [5.41, 5.74) is 7.38. The Kier molecular flexibility index (Phi) is 7.67. The predicted octanol–water partition coefficient (Wildman–Crippen LogP) is 3.31. The summed E-state index contributed by atoms with van der Waals surface area (Å²) in [7, 11) is 3.50. The first-order valence-electron chi connectivity index (χ1n) is 11.7. The average molecular weight is 451 g/mol. The number of dihydropyridines is 1. The Bertz CT molecular complexity index is 1030. The van der Waals surface area contributed by atoms with Crippen molar-refractivity contribution in [1.82, 2.24) is 25.7 Å². The summed E-state index contributed by atoms with van der Waals surface area (Å²) in [5.74, 6) is 2.50. The number of hydrazone groups is 1. The van der Waals surface area contributed by atoms with Gasteiger partial charge in [0.15, 0.2) is 17.5 Å². The second kappa shape index (κ2) is 11.0. The molecule has 1 fully saturated rings. The molecule has 2 aliphatic heterocycles. The molecule has 0 atom stereocenters. The molecule has 2 aliphatic rings. The van der Waals surface area contributed by atoms with Crippen LogP contribution in [0.5, 0.6) is 0 Å². The number of methoxy groups -OCH3 is 1. The minimum absolute atomic E-state index is 0.719. The van der Waals surface area contributed by atoms with Crippen LogP contribution in [0.4, 0.5) is 0 Å². The standard InChI is InChI=1S/C25H34N6O2/c1-4-7-19-8-5-9-20(14-19)23-16-22(29-33-23)17-30-12-6-13-31(18-30)25(28-26-2)21-10-11-27-24(15-21)32-3/h5,8-10,14-16,26-27H,4,6-7,11-13,17-18H2,1-3H3/b28-25-. The van der Waals surface area contributed by atoms with Crippen LogP contribution in [0.2, 0.25) is 0 Å². The molecule has 2 N–H and O–H groups in total. The van der Waals surface area contributed by atoms with Crippen molar-refractivity contribution >= 4 is 5.84 Å². The van der Waals surface area contributed by atoms with Gasteiger partial charge in [-0.1, -0.05) is 42.8 Å². The fourth-order valence-corrected chi connectivity index (χ4v) is 4.31. The Morgan fingerprint density at radius 3 is 3.03 bits per heavy atom. The van der Waals surface area contributed by atoms with Crippen molar-refractivity contribution in [3.8, 4) is 11.3 Å². The van der Waals surface area contributed by atoms with E-state index in [0.29, 0.717) is 0 Å². The molecule has 1 aromatic heterocycles. The fraction of sp³-hybridized carbons (Fsp3) is 0.440. The molecule has 1 saturated heterocycles. The number of ether oxygens (including phenoxy) is 1. The van der Waals surface area contributed by atoms with E-state index in [1.165, 1.54) is 5.56 Å². The minimum Gasteiger partial charge on any atom is -0.482 e. The predicted molar refractivity (Wildman–Crippen MR) is 130 cm³/mol. The normalized spacial score (nSPS) is 17.3. The van der Waals surface area contributed by atoms with E-state index in [0.717, 1.165) is 86.4 Å². The summed E-state index contributed by atoms with van der Waals surface area (Å²) < 4.78 is 11.1. The third-order valence-electron chi connectivity index (χ3n) is 5.85. The van der Waals surface area contributed by atoms with Crippen LogP contribution >= 0.6 is 0 Å². The SMILES string of the molecule is CCCc1cccc(-c2cc(CN3CCCN(/C(=N\NC)C4=CCNC(OC)=C4)C3)no2)c1. The van der Waals surface area contributed by atoms with E-state index < -0.39 is 0 Å². The number of amidine groups is 1. The van der Waals surface area contributed by atoms with E-state index in [2.05, 4.69) is 74.1 Å². The van der Waals surface area contributed by atoms with Gasteiger partial charge in [-0.15, -0.1) is 0 Å². The van der Waals surface area contributed by atoms with Crippen molar-refractivity contribution in [2.24, 2.45) is 5.10 Å². The van der Waals surface area contributed by atoms with E-state index in [1.807, 2.05) is 13.1 Å². The fourth-order valence-electron chi connectivity index (χ4n) is 4.31. The summed E-state index contributed by atoms with van der Waals surface area (Å²) in [6, 6.07) is 10.6. The largest absolute Gasteiger partial charge is 0.482 e. The molecule has 0 aliphatic carbocycles. The van der Waals surface area contributed by atoms with Gasteiger partial charge < -0.3 is 24.9 Å². The van der Waals surface area contributed by atoms with Crippen LogP contribution in [0.3, 0.4) is 0 Å². The molecule has 33 heavy (non-hydrogen) atoms. The first kappa shape index (κ1) is 22.9. The minimum atomic E-state index is 0.719. The Labute approximate surface area is 196 Å². The highest BCUT2D eigenvalue weighted by Crippen LogP contribution is 2.23. The van der Waals surface area contributed by atoms with Crippen LogP contribution in [0, 0.1) is 0 Å². The summed E-state index contributed by atoms with van der Waals surface area (Å²) >= 11 is 0. The maximum atomic E-state index is 5.70. The third-order valence-corrected chi connectivity index (χ3v) is 5.85. The van der Waals surface area contributed by atoms with Gasteiger partial charge in [0.1, 0.15) is 0 Å². The summed E-state index contributed by atoms with van der Waals surface area (Å²) in [5, 5.41) is 12.1. The molecule has 0 spiro atoms. The molecule has 8 heteroatoms. The lowest BCUT2D eigenvalue weighted by molar-refractivity contribution is 0.129. The Morgan fingerprint density at radius 2 is 2.21 bits per heavy atom. The van der Waals surface area contributed by atoms with Crippen LogP contribution in [0.15, 0.2) is 63.6 Å². The van der Waals surface area contributed by atoms with E-state index in [4.69, 9.17) is 9.26 Å². The molecule has 0 bridgehead atoms. The van der Waals surface area contributed by atoms with Crippen molar-refractivity contribution in [2.75, 3.05) is 40.5 Å². The molecule has 8 nitrogen and oxygen atoms in total. The Hall–Kier alpha value is -3.26. The second-order valence-corrected chi connectivity index (χ2v) is 8.36. The third kappa shape index (κ3) is 5.76. The number of aryl methyl sites for hydroxylation is 1. The molecule has 176 valence electrons. The number of hydrogen-bond donors (Lipinski definition) is 2. The Balaban J connectivity index is 1.44. The number of benzene rings is 1. The van der Waals surface area contributed by atoms with Crippen molar-refractivity contribution in [2.45, 2.75) is 32.7 Å². The monoisotopic (exact) mass is 450 g/mol. The number of aromatic nitrogens is 1. The zero-order chi connectivity index (χ0) is 23.0. The molecule has 4 rings (SSSR count). The van der Waals surface area contributed by atoms with Gasteiger partial charge in [-0.05, 0) is 24.5 Å². The first-order chi connectivity index (χ1) is 16.2. The van der Waals surface area contributed by atoms with Crippen molar-refractivity contribution in [1.29, 1.82) is 0 Å². The highest BCUT2D eigenvalue weighted by atomic mass is 16.5. The quantitative estimate of drug-likeness (QED) is 0.363. The zero-order valence-electron chi connectivity index (χ0n) is 19.8. The van der Waals surface area contributed by atoms with E-state index >= 15 is 0 Å². The Morgan fingerprint density at radius 1 is 1.30 bits per heavy atom. The van der Waals surface area contributed by atoms with E-state index in [1.54, 1.807) is 7.11 Å². The summed E-state index contributed by atoms with van der Waals surface area (Å²) in [6.07, 6.45) is 7.39. The van der Waals surface area contributed by atoms with Gasteiger partial charge in [0.25, 0.3) is 0 Å². The lowest BCUT2D eigenvalue weighted by atomic mass is 10.1. The van der Waals surface area contributed by atoms with Gasteiger partial charge in [0.2, 0.25) is 0 Å². The summed E-state index contributed by atoms with van der Waals surface area (Å²) in [4.78, 5) is 4.68. The van der Waals surface area contributed by atoms with Crippen LogP contribution in [-0.4, -0.2) is 61.3 Å². The highest BCUT2D eigenvalue weighted by Gasteiger charge is 2.24. The molecule has 2 aromatic rings. The van der Waals surface area contributed by atoms with E-state index in [-0.39, 0.29) is 0 Å². The molecule has 0 amide bonds. The zero-order valence-corrected chi connectivity index (χ0v) is 19.8. The topological polar surface area (TPSA) is 78.2 Å². The molecule has 3 heterocycles. The lowest BCUT2D eigenvalue weighted by Gasteiger charge is -2.37. The van der Waals surface area contributed by atoms with Gasteiger partial charge in [-0.25, -0.2) is 0 Å². The van der Waals surface area contributed by atoms with Crippen LogP contribution < -0.4 is 10.7 Å². The number of hydrogen-bond acceptors (Lipinski definition) is 7. The van der Waals surface area contributed by atoms with Gasteiger partial charge in [-0.3, -0.25) is 4.90 Å². The highest BCUT2D eigenvalue weighted by molar-refractivity contribution is 6.01. The maximum Gasteiger partial charge on any atom is 0.187 e. The summed E-state index contributed by atoms with van der Waals surface area (Å²) in [6.45, 7) is 6.39. The van der Waals surface area contributed by atoms with Gasteiger partial charge in [0, 0.05) is 56.5 Å². The van der Waals surface area contributed by atoms with Gasteiger partial charge >= 0.3 is 0 Å². The molecular weight excluding hydrogens is 416 g/mol. The van der Waals surface area contributed by atoms with Crippen LogP contribution in [-0.2, 0) is 17.7 Å². The van der Waals surface area contributed by atoms with Gasteiger partial charge in [-0.2, -0.15) is 5.10 Å². The molecular formula is C25H34N6O2.